The van der Waals surface area contributed by atoms with Gasteiger partial charge in [0.05, 0.1) is 24.9 Å². The molecule has 0 spiro atoms. The van der Waals surface area contributed by atoms with E-state index < -0.39 is 0 Å². The monoisotopic (exact) mass is 328 g/mol. The number of hydrogen-bond acceptors (Lipinski definition) is 6. The third-order valence-electron chi connectivity index (χ3n) is 3.77. The molecule has 126 valence electrons. The first-order valence-electron chi connectivity index (χ1n) is 8.07. The predicted molar refractivity (Wildman–Crippen MR) is 87.0 cm³/mol. The Morgan fingerprint density at radius 2 is 2.17 bits per heavy atom. The summed E-state index contributed by atoms with van der Waals surface area (Å²) in [5, 5.41) is 0. The van der Waals surface area contributed by atoms with Crippen LogP contribution in [0.2, 0.25) is 0 Å². The number of ether oxygens (including phenoxy) is 2. The molecular weight excluding hydrogens is 308 g/mol. The van der Waals surface area contributed by atoms with Gasteiger partial charge < -0.3 is 14.4 Å². The highest BCUT2D eigenvalue weighted by Crippen LogP contribution is 2.18. The summed E-state index contributed by atoms with van der Waals surface area (Å²) in [6, 6.07) is 3.46. The van der Waals surface area contributed by atoms with Crippen LogP contribution in [0.4, 0.5) is 0 Å². The SMILES string of the molecule is CCOc1ccc(C(=O)N2CCCC(Oc3cnccn3)C2)cn1. The molecule has 0 radical (unpaired) electrons. The van der Waals surface area contributed by atoms with E-state index in [1.165, 1.54) is 0 Å². The molecule has 0 saturated carbocycles. The molecule has 2 aromatic heterocycles. The normalized spacial score (nSPS) is 17.4. The average molecular weight is 328 g/mol. The number of likely N-dealkylation sites (tertiary alicyclic amines) is 1. The van der Waals surface area contributed by atoms with Gasteiger partial charge >= 0.3 is 0 Å². The first-order chi connectivity index (χ1) is 11.8. The maximum atomic E-state index is 12.6. The molecule has 1 amide bonds. The molecule has 1 fully saturated rings. The summed E-state index contributed by atoms with van der Waals surface area (Å²) < 4.78 is 11.1. The van der Waals surface area contributed by atoms with Crippen molar-refractivity contribution < 1.29 is 14.3 Å². The van der Waals surface area contributed by atoms with Crippen molar-refractivity contribution in [3.8, 4) is 11.8 Å². The minimum absolute atomic E-state index is 0.0435. The maximum Gasteiger partial charge on any atom is 0.255 e. The van der Waals surface area contributed by atoms with Crippen molar-refractivity contribution in [2.45, 2.75) is 25.9 Å². The van der Waals surface area contributed by atoms with Gasteiger partial charge in [0.15, 0.2) is 0 Å². The van der Waals surface area contributed by atoms with E-state index >= 15 is 0 Å². The van der Waals surface area contributed by atoms with Crippen LogP contribution in [0.3, 0.4) is 0 Å². The van der Waals surface area contributed by atoms with Gasteiger partial charge in [-0.15, -0.1) is 0 Å². The number of pyridine rings is 1. The van der Waals surface area contributed by atoms with E-state index in [0.717, 1.165) is 12.8 Å². The van der Waals surface area contributed by atoms with Gasteiger partial charge in [-0.25, -0.2) is 9.97 Å². The quantitative estimate of drug-likeness (QED) is 0.835. The Morgan fingerprint density at radius 3 is 2.88 bits per heavy atom. The zero-order valence-corrected chi connectivity index (χ0v) is 13.6. The van der Waals surface area contributed by atoms with Crippen LogP contribution in [0.15, 0.2) is 36.9 Å². The first-order valence-corrected chi connectivity index (χ1v) is 8.07. The second kappa shape index (κ2) is 7.72. The lowest BCUT2D eigenvalue weighted by Crippen LogP contribution is -2.44. The highest BCUT2D eigenvalue weighted by atomic mass is 16.5. The number of carbonyl (C=O) groups excluding carboxylic acids is 1. The summed E-state index contributed by atoms with van der Waals surface area (Å²) >= 11 is 0. The molecule has 0 aliphatic carbocycles. The van der Waals surface area contributed by atoms with E-state index in [9.17, 15) is 4.79 Å². The molecule has 1 saturated heterocycles. The smallest absolute Gasteiger partial charge is 0.255 e. The molecule has 0 N–H and O–H groups in total. The van der Waals surface area contributed by atoms with Crippen LogP contribution in [-0.2, 0) is 0 Å². The van der Waals surface area contributed by atoms with Crippen LogP contribution in [0.1, 0.15) is 30.1 Å². The number of aromatic nitrogens is 3. The molecule has 1 aliphatic rings. The van der Waals surface area contributed by atoms with Crippen molar-refractivity contribution >= 4 is 5.91 Å². The van der Waals surface area contributed by atoms with Crippen LogP contribution in [0.5, 0.6) is 11.8 Å². The van der Waals surface area contributed by atoms with Gasteiger partial charge in [-0.3, -0.25) is 9.78 Å². The summed E-state index contributed by atoms with van der Waals surface area (Å²) in [4.78, 5) is 26.7. The minimum atomic E-state index is -0.0740. The largest absolute Gasteiger partial charge is 0.478 e. The molecule has 2 aromatic rings. The number of piperidine rings is 1. The van der Waals surface area contributed by atoms with Gasteiger partial charge in [0.1, 0.15) is 6.10 Å². The van der Waals surface area contributed by atoms with Gasteiger partial charge in [-0.2, -0.15) is 0 Å². The third kappa shape index (κ3) is 3.98. The van der Waals surface area contributed by atoms with E-state index in [1.807, 2.05) is 6.92 Å². The number of nitrogens with zero attached hydrogens (tertiary/aromatic N) is 4. The molecule has 1 unspecified atom stereocenters. The summed E-state index contributed by atoms with van der Waals surface area (Å²) in [5.74, 6) is 0.967. The molecular formula is C17H20N4O3. The highest BCUT2D eigenvalue weighted by Gasteiger charge is 2.26. The van der Waals surface area contributed by atoms with Crippen molar-refractivity contribution in [3.63, 3.8) is 0 Å². The van der Waals surface area contributed by atoms with Gasteiger partial charge in [0.25, 0.3) is 5.91 Å². The maximum absolute atomic E-state index is 12.6. The van der Waals surface area contributed by atoms with Crippen molar-refractivity contribution in [2.75, 3.05) is 19.7 Å². The van der Waals surface area contributed by atoms with Crippen LogP contribution < -0.4 is 9.47 Å². The lowest BCUT2D eigenvalue weighted by Gasteiger charge is -2.32. The van der Waals surface area contributed by atoms with Crippen LogP contribution >= 0.6 is 0 Å². The fraction of sp³-hybridized carbons (Fsp3) is 0.412. The van der Waals surface area contributed by atoms with Crippen molar-refractivity contribution in [1.29, 1.82) is 0 Å². The van der Waals surface area contributed by atoms with E-state index in [-0.39, 0.29) is 12.0 Å². The molecule has 0 aromatic carbocycles. The van der Waals surface area contributed by atoms with E-state index in [2.05, 4.69) is 15.0 Å². The zero-order chi connectivity index (χ0) is 16.8. The Bertz CT molecular complexity index is 663. The Balaban J connectivity index is 1.62. The molecule has 24 heavy (non-hydrogen) atoms. The Morgan fingerprint density at radius 1 is 1.25 bits per heavy atom. The van der Waals surface area contributed by atoms with Gasteiger partial charge in [-0.05, 0) is 25.8 Å². The fourth-order valence-corrected chi connectivity index (χ4v) is 2.66. The number of rotatable bonds is 5. The number of carbonyl (C=O) groups is 1. The van der Waals surface area contributed by atoms with Gasteiger partial charge in [0.2, 0.25) is 11.8 Å². The molecule has 7 nitrogen and oxygen atoms in total. The lowest BCUT2D eigenvalue weighted by molar-refractivity contribution is 0.0526. The zero-order valence-electron chi connectivity index (χ0n) is 13.6. The summed E-state index contributed by atoms with van der Waals surface area (Å²) in [5.41, 5.74) is 0.554. The van der Waals surface area contributed by atoms with Crippen molar-refractivity contribution in [2.24, 2.45) is 0 Å². The minimum Gasteiger partial charge on any atom is -0.478 e. The molecule has 3 heterocycles. The molecule has 1 aliphatic heterocycles. The molecule has 0 bridgehead atoms. The average Bonchev–Trinajstić information content (AvgIpc) is 2.63. The Labute approximate surface area is 140 Å². The van der Waals surface area contributed by atoms with Gasteiger partial charge in [-0.1, -0.05) is 0 Å². The summed E-state index contributed by atoms with van der Waals surface area (Å²) in [7, 11) is 0. The third-order valence-corrected chi connectivity index (χ3v) is 3.77. The van der Waals surface area contributed by atoms with Crippen molar-refractivity contribution in [3.05, 3.63) is 42.5 Å². The Hall–Kier alpha value is -2.70. The highest BCUT2D eigenvalue weighted by molar-refractivity contribution is 5.94. The number of hydrogen-bond donors (Lipinski definition) is 0. The standard InChI is InChI=1S/C17H20N4O3/c1-2-23-15-6-5-13(10-20-15)17(22)21-9-3-4-14(12-21)24-16-11-18-7-8-19-16/h5-8,10-11,14H,2-4,9,12H2,1H3. The van der Waals surface area contributed by atoms with Crippen LogP contribution in [0.25, 0.3) is 0 Å². The predicted octanol–water partition coefficient (Wildman–Crippen LogP) is 1.95. The van der Waals surface area contributed by atoms with E-state index in [4.69, 9.17) is 9.47 Å². The van der Waals surface area contributed by atoms with Crippen molar-refractivity contribution in [1.82, 2.24) is 19.9 Å². The topological polar surface area (TPSA) is 77.4 Å². The number of amides is 1. The van der Waals surface area contributed by atoms with E-state index in [1.54, 1.807) is 41.8 Å². The first kappa shape index (κ1) is 16.2. The molecule has 1 atom stereocenters. The summed E-state index contributed by atoms with van der Waals surface area (Å²) in [6.07, 6.45) is 8.03. The fourth-order valence-electron chi connectivity index (χ4n) is 2.66. The Kier molecular flexibility index (Phi) is 5.20. The molecule has 7 heteroatoms. The van der Waals surface area contributed by atoms with E-state index in [0.29, 0.717) is 37.0 Å². The van der Waals surface area contributed by atoms with Gasteiger partial charge in [0, 0.05) is 31.2 Å². The second-order valence-electron chi connectivity index (χ2n) is 5.50. The summed E-state index contributed by atoms with van der Waals surface area (Å²) in [6.45, 7) is 3.69. The lowest BCUT2D eigenvalue weighted by atomic mass is 10.1. The molecule has 3 rings (SSSR count). The van der Waals surface area contributed by atoms with Crippen LogP contribution in [-0.4, -0.2) is 51.6 Å². The second-order valence-corrected chi connectivity index (χ2v) is 5.50. The van der Waals surface area contributed by atoms with Crippen LogP contribution in [0, 0.1) is 0 Å².